The zero-order valence-corrected chi connectivity index (χ0v) is 15.3. The first-order chi connectivity index (χ1) is 11.4. The van der Waals surface area contributed by atoms with Crippen molar-refractivity contribution in [3.8, 4) is 5.75 Å². The number of aryl methyl sites for hydroxylation is 1. The first-order valence-corrected chi connectivity index (χ1v) is 9.90. The van der Waals surface area contributed by atoms with Gasteiger partial charge in [-0.3, -0.25) is 4.90 Å². The van der Waals surface area contributed by atoms with Crippen LogP contribution in [0.1, 0.15) is 19.2 Å². The van der Waals surface area contributed by atoms with Crippen LogP contribution < -0.4 is 4.74 Å². The van der Waals surface area contributed by atoms with Crippen LogP contribution in [0.3, 0.4) is 0 Å². The van der Waals surface area contributed by atoms with Crippen molar-refractivity contribution in [3.63, 3.8) is 0 Å². The van der Waals surface area contributed by atoms with Crippen LogP contribution in [-0.2, 0) is 22.9 Å². The van der Waals surface area contributed by atoms with Gasteiger partial charge in [-0.1, -0.05) is 6.07 Å². The first kappa shape index (κ1) is 18.5. The zero-order valence-electron chi connectivity index (χ0n) is 14.5. The summed E-state index contributed by atoms with van der Waals surface area (Å²) in [7, 11) is -1.15. The van der Waals surface area contributed by atoms with Gasteiger partial charge in [-0.2, -0.15) is 0 Å². The number of aromatic nitrogens is 2. The summed E-state index contributed by atoms with van der Waals surface area (Å²) in [4.78, 5) is 6.85. The third kappa shape index (κ3) is 5.35. The van der Waals surface area contributed by atoms with Gasteiger partial charge in [-0.05, 0) is 38.6 Å². The molecule has 1 aromatic heterocycles. The molecule has 0 unspecified atom stereocenters. The SMILES string of the molecule is CCn1ccnc1CN(C)CCCOc1cccc(S(C)(=O)=O)c1. The van der Waals surface area contributed by atoms with Crippen molar-refractivity contribution in [1.29, 1.82) is 0 Å². The van der Waals surface area contributed by atoms with Crippen LogP contribution in [-0.4, -0.2) is 49.3 Å². The lowest BCUT2D eigenvalue weighted by Crippen LogP contribution is -2.22. The maximum atomic E-state index is 11.5. The fraction of sp³-hybridized carbons (Fsp3) is 0.471. The molecule has 0 N–H and O–H groups in total. The predicted octanol–water partition coefficient (Wildman–Crippen LogP) is 2.21. The molecular weight excluding hydrogens is 326 g/mol. The summed E-state index contributed by atoms with van der Waals surface area (Å²) >= 11 is 0. The van der Waals surface area contributed by atoms with Crippen molar-refractivity contribution in [2.24, 2.45) is 0 Å². The molecule has 0 aliphatic rings. The van der Waals surface area contributed by atoms with E-state index >= 15 is 0 Å². The van der Waals surface area contributed by atoms with E-state index in [1.807, 2.05) is 12.4 Å². The van der Waals surface area contributed by atoms with Gasteiger partial charge in [0.1, 0.15) is 11.6 Å². The van der Waals surface area contributed by atoms with Crippen LogP contribution >= 0.6 is 0 Å². The molecule has 1 heterocycles. The van der Waals surface area contributed by atoms with Gasteiger partial charge in [0.2, 0.25) is 0 Å². The highest BCUT2D eigenvalue weighted by atomic mass is 32.2. The molecule has 0 fully saturated rings. The molecule has 0 aliphatic heterocycles. The standard InChI is InChI=1S/C17H25N3O3S/c1-4-20-11-9-18-17(20)14-19(2)10-6-12-23-15-7-5-8-16(13-15)24(3,21)22/h5,7-9,11,13H,4,6,10,12,14H2,1-3H3. The number of hydrogen-bond donors (Lipinski definition) is 0. The van der Waals surface area contributed by atoms with Gasteiger partial charge in [-0.25, -0.2) is 13.4 Å². The quantitative estimate of drug-likeness (QED) is 0.648. The van der Waals surface area contributed by atoms with E-state index in [2.05, 4.69) is 28.4 Å². The molecule has 0 aliphatic carbocycles. The second-order valence-electron chi connectivity index (χ2n) is 5.82. The Kier molecular flexibility index (Phi) is 6.39. The Morgan fingerprint density at radius 3 is 2.83 bits per heavy atom. The molecule has 6 nitrogen and oxygen atoms in total. The van der Waals surface area contributed by atoms with Gasteiger partial charge in [0.25, 0.3) is 0 Å². The van der Waals surface area contributed by atoms with E-state index in [0.717, 1.165) is 31.9 Å². The van der Waals surface area contributed by atoms with Crippen molar-refractivity contribution in [3.05, 3.63) is 42.5 Å². The van der Waals surface area contributed by atoms with Crippen molar-refractivity contribution >= 4 is 9.84 Å². The van der Waals surface area contributed by atoms with Crippen LogP contribution in [0.4, 0.5) is 0 Å². The van der Waals surface area contributed by atoms with Crippen molar-refractivity contribution in [2.75, 3.05) is 26.5 Å². The van der Waals surface area contributed by atoms with Crippen LogP contribution in [0.25, 0.3) is 0 Å². The minimum absolute atomic E-state index is 0.281. The Labute approximate surface area is 144 Å². The van der Waals surface area contributed by atoms with E-state index in [1.165, 1.54) is 6.26 Å². The number of sulfone groups is 1. The molecule has 0 atom stereocenters. The molecule has 24 heavy (non-hydrogen) atoms. The van der Waals surface area contributed by atoms with E-state index in [-0.39, 0.29) is 4.90 Å². The summed E-state index contributed by atoms with van der Waals surface area (Å²) in [5.74, 6) is 1.64. The largest absolute Gasteiger partial charge is 0.494 e. The van der Waals surface area contributed by atoms with Crippen LogP contribution in [0.5, 0.6) is 5.75 Å². The van der Waals surface area contributed by atoms with Gasteiger partial charge >= 0.3 is 0 Å². The fourth-order valence-corrected chi connectivity index (χ4v) is 3.08. The Morgan fingerprint density at radius 1 is 1.33 bits per heavy atom. The van der Waals surface area contributed by atoms with Gasteiger partial charge in [0, 0.05) is 31.7 Å². The highest BCUT2D eigenvalue weighted by Gasteiger charge is 2.08. The highest BCUT2D eigenvalue weighted by Crippen LogP contribution is 2.17. The summed E-state index contributed by atoms with van der Waals surface area (Å²) in [5.41, 5.74) is 0. The monoisotopic (exact) mass is 351 g/mol. The summed E-state index contributed by atoms with van der Waals surface area (Å²) in [5, 5.41) is 0. The Bertz CT molecular complexity index is 756. The molecule has 7 heteroatoms. The van der Waals surface area contributed by atoms with Gasteiger partial charge in [0.15, 0.2) is 9.84 Å². The van der Waals surface area contributed by atoms with E-state index in [1.54, 1.807) is 24.3 Å². The average Bonchev–Trinajstić information content (AvgIpc) is 2.98. The van der Waals surface area contributed by atoms with Crippen LogP contribution in [0.15, 0.2) is 41.6 Å². The molecule has 2 aromatic rings. The lowest BCUT2D eigenvalue weighted by atomic mass is 10.3. The van der Waals surface area contributed by atoms with Crippen LogP contribution in [0.2, 0.25) is 0 Å². The third-order valence-corrected chi connectivity index (χ3v) is 4.85. The predicted molar refractivity (Wildman–Crippen MR) is 93.9 cm³/mol. The van der Waals surface area contributed by atoms with Crippen molar-refractivity contribution < 1.29 is 13.2 Å². The van der Waals surface area contributed by atoms with Gasteiger partial charge < -0.3 is 9.30 Å². The maximum absolute atomic E-state index is 11.5. The lowest BCUT2D eigenvalue weighted by Gasteiger charge is -2.17. The fourth-order valence-electron chi connectivity index (χ4n) is 2.42. The normalized spacial score (nSPS) is 11.8. The summed E-state index contributed by atoms with van der Waals surface area (Å²) in [6.45, 7) is 5.24. The molecule has 0 spiro atoms. The van der Waals surface area contributed by atoms with E-state index in [9.17, 15) is 8.42 Å². The van der Waals surface area contributed by atoms with E-state index < -0.39 is 9.84 Å². The second kappa shape index (κ2) is 8.30. The number of nitrogens with zero attached hydrogens (tertiary/aromatic N) is 3. The smallest absolute Gasteiger partial charge is 0.175 e. The summed E-state index contributed by atoms with van der Waals surface area (Å²) in [6.07, 6.45) is 5.86. The first-order valence-electron chi connectivity index (χ1n) is 8.01. The highest BCUT2D eigenvalue weighted by molar-refractivity contribution is 7.90. The zero-order chi connectivity index (χ0) is 17.6. The number of hydrogen-bond acceptors (Lipinski definition) is 5. The van der Waals surface area contributed by atoms with Gasteiger partial charge in [0.05, 0.1) is 18.0 Å². The third-order valence-electron chi connectivity index (χ3n) is 3.74. The minimum atomic E-state index is -3.20. The topological polar surface area (TPSA) is 64.4 Å². The molecule has 2 rings (SSSR count). The summed E-state index contributed by atoms with van der Waals surface area (Å²) < 4.78 is 30.9. The molecule has 0 radical (unpaired) electrons. The number of imidazole rings is 1. The number of ether oxygens (including phenoxy) is 1. The average molecular weight is 351 g/mol. The minimum Gasteiger partial charge on any atom is -0.494 e. The summed E-state index contributed by atoms with van der Waals surface area (Å²) in [6, 6.07) is 6.61. The van der Waals surface area contributed by atoms with Crippen LogP contribution in [0, 0.1) is 0 Å². The molecule has 0 saturated carbocycles. The second-order valence-corrected chi connectivity index (χ2v) is 7.83. The molecule has 0 amide bonds. The number of benzene rings is 1. The number of rotatable bonds is 9. The maximum Gasteiger partial charge on any atom is 0.175 e. The van der Waals surface area contributed by atoms with Crippen molar-refractivity contribution in [2.45, 2.75) is 31.3 Å². The van der Waals surface area contributed by atoms with E-state index in [0.29, 0.717) is 12.4 Å². The Hall–Kier alpha value is -1.86. The van der Waals surface area contributed by atoms with Crippen molar-refractivity contribution in [1.82, 2.24) is 14.5 Å². The Morgan fingerprint density at radius 2 is 2.12 bits per heavy atom. The molecule has 0 saturated heterocycles. The molecule has 0 bridgehead atoms. The Balaban J connectivity index is 1.77. The van der Waals surface area contributed by atoms with Gasteiger partial charge in [-0.15, -0.1) is 0 Å². The molecule has 132 valence electrons. The van der Waals surface area contributed by atoms with E-state index in [4.69, 9.17) is 4.74 Å². The molecule has 1 aromatic carbocycles. The molecular formula is C17H25N3O3S. The lowest BCUT2D eigenvalue weighted by molar-refractivity contribution is 0.253.